The molecule has 0 radical (unpaired) electrons. The molecule has 0 saturated carbocycles. The third-order valence-corrected chi connectivity index (χ3v) is 3.37. The molecule has 6 nitrogen and oxygen atoms in total. The highest BCUT2D eigenvalue weighted by molar-refractivity contribution is 5.96. The van der Waals surface area contributed by atoms with Gasteiger partial charge in [-0.1, -0.05) is 18.2 Å². The Morgan fingerprint density at radius 2 is 1.46 bits per heavy atom. The fourth-order valence-electron chi connectivity index (χ4n) is 2.14. The third kappa shape index (κ3) is 4.55. The summed E-state index contributed by atoms with van der Waals surface area (Å²) in [6.07, 6.45) is 0. The van der Waals surface area contributed by atoms with Gasteiger partial charge in [0.25, 0.3) is 11.8 Å². The Labute approximate surface area is 140 Å². The smallest absolute Gasteiger partial charge is 0.270 e. The molecule has 0 saturated heterocycles. The Hall–Kier alpha value is -2.89. The van der Waals surface area contributed by atoms with Crippen LogP contribution in [0.4, 0.5) is 0 Å². The van der Waals surface area contributed by atoms with Crippen LogP contribution in [0.25, 0.3) is 0 Å². The molecule has 1 aromatic carbocycles. The lowest BCUT2D eigenvalue weighted by molar-refractivity contribution is 0.0932. The number of phenols is 1. The van der Waals surface area contributed by atoms with Crippen molar-refractivity contribution in [3.63, 3.8) is 0 Å². The lowest BCUT2D eigenvalue weighted by Gasteiger charge is -2.14. The van der Waals surface area contributed by atoms with Crippen LogP contribution in [0.5, 0.6) is 5.75 Å². The molecule has 3 N–H and O–H groups in total. The number of hydrogen-bond acceptors (Lipinski definition) is 4. The minimum atomic E-state index is -0.366. The van der Waals surface area contributed by atoms with E-state index in [0.717, 1.165) is 5.56 Å². The number of nitrogens with zero attached hydrogens (tertiary/aromatic N) is 1. The van der Waals surface area contributed by atoms with Gasteiger partial charge >= 0.3 is 0 Å². The number of phenolic OH excluding ortho intramolecular Hbond substituents is 1. The SMILES string of the molecule is CC(C)NC(=O)c1cccc(C(=O)N[C@@H](C)c2ccc(O)cc2)n1. The van der Waals surface area contributed by atoms with Crippen molar-refractivity contribution in [3.05, 3.63) is 59.4 Å². The van der Waals surface area contributed by atoms with Crippen LogP contribution in [0.1, 0.15) is 53.4 Å². The first-order chi connectivity index (χ1) is 11.4. The number of carbonyl (C=O) groups is 2. The van der Waals surface area contributed by atoms with Crippen molar-refractivity contribution in [2.24, 2.45) is 0 Å². The quantitative estimate of drug-likeness (QED) is 0.786. The summed E-state index contributed by atoms with van der Waals surface area (Å²) in [7, 11) is 0. The topological polar surface area (TPSA) is 91.3 Å². The molecule has 24 heavy (non-hydrogen) atoms. The second-order valence-electron chi connectivity index (χ2n) is 5.82. The number of hydrogen-bond donors (Lipinski definition) is 3. The number of rotatable bonds is 5. The summed E-state index contributed by atoms with van der Waals surface area (Å²) < 4.78 is 0. The average molecular weight is 327 g/mol. The van der Waals surface area contributed by atoms with Crippen LogP contribution in [0.2, 0.25) is 0 Å². The minimum absolute atomic E-state index is 0.00805. The Morgan fingerprint density at radius 3 is 2.00 bits per heavy atom. The molecule has 0 fully saturated rings. The van der Waals surface area contributed by atoms with E-state index in [0.29, 0.717) is 0 Å². The molecule has 1 atom stereocenters. The number of carbonyl (C=O) groups excluding carboxylic acids is 2. The summed E-state index contributed by atoms with van der Waals surface area (Å²) in [6.45, 7) is 5.54. The van der Waals surface area contributed by atoms with Crippen LogP contribution in [0.3, 0.4) is 0 Å². The normalized spacial score (nSPS) is 11.8. The molecule has 0 unspecified atom stereocenters. The zero-order valence-corrected chi connectivity index (χ0v) is 13.9. The van der Waals surface area contributed by atoms with Crippen molar-refractivity contribution >= 4 is 11.8 Å². The van der Waals surface area contributed by atoms with E-state index in [9.17, 15) is 14.7 Å². The second kappa shape index (κ2) is 7.59. The predicted octanol–water partition coefficient (Wildman–Crippen LogP) is 2.42. The number of aromatic hydroxyl groups is 1. The first-order valence-corrected chi connectivity index (χ1v) is 7.74. The van der Waals surface area contributed by atoms with Crippen LogP contribution < -0.4 is 10.6 Å². The van der Waals surface area contributed by atoms with Gasteiger partial charge in [0.05, 0.1) is 6.04 Å². The molecule has 0 aliphatic carbocycles. The molecule has 0 spiro atoms. The van der Waals surface area contributed by atoms with Crippen molar-refractivity contribution in [1.82, 2.24) is 15.6 Å². The minimum Gasteiger partial charge on any atom is -0.508 e. The van der Waals surface area contributed by atoms with Crippen LogP contribution in [-0.4, -0.2) is 27.9 Å². The highest BCUT2D eigenvalue weighted by atomic mass is 16.3. The molecular formula is C18H21N3O3. The molecule has 0 aliphatic heterocycles. The van der Waals surface area contributed by atoms with E-state index in [1.165, 1.54) is 0 Å². The molecule has 0 bridgehead atoms. The molecule has 126 valence electrons. The van der Waals surface area contributed by atoms with Crippen molar-refractivity contribution in [2.75, 3.05) is 0 Å². The maximum Gasteiger partial charge on any atom is 0.270 e. The molecule has 2 amide bonds. The summed E-state index contributed by atoms with van der Waals surface area (Å²) in [4.78, 5) is 28.4. The van der Waals surface area contributed by atoms with Crippen molar-refractivity contribution in [1.29, 1.82) is 0 Å². The number of amides is 2. The first-order valence-electron chi connectivity index (χ1n) is 7.74. The Bertz CT molecular complexity index is 727. The Kier molecular flexibility index (Phi) is 5.52. The summed E-state index contributed by atoms with van der Waals surface area (Å²) in [5.74, 6) is -0.510. The zero-order valence-electron chi connectivity index (χ0n) is 13.9. The van der Waals surface area contributed by atoms with Crippen molar-refractivity contribution in [3.8, 4) is 5.75 Å². The van der Waals surface area contributed by atoms with Crippen LogP contribution in [0.15, 0.2) is 42.5 Å². The van der Waals surface area contributed by atoms with E-state index in [2.05, 4.69) is 15.6 Å². The third-order valence-electron chi connectivity index (χ3n) is 3.37. The fourth-order valence-corrected chi connectivity index (χ4v) is 2.14. The van der Waals surface area contributed by atoms with Gasteiger partial charge in [0.1, 0.15) is 17.1 Å². The number of pyridine rings is 1. The van der Waals surface area contributed by atoms with Crippen molar-refractivity contribution < 1.29 is 14.7 Å². The summed E-state index contributed by atoms with van der Waals surface area (Å²) in [5, 5.41) is 14.9. The van der Waals surface area contributed by atoms with E-state index < -0.39 is 0 Å². The van der Waals surface area contributed by atoms with Gasteiger partial charge in [-0.3, -0.25) is 9.59 Å². The average Bonchev–Trinajstić information content (AvgIpc) is 2.54. The van der Waals surface area contributed by atoms with Gasteiger partial charge in [0.2, 0.25) is 0 Å². The molecule has 2 aromatic rings. The fraction of sp³-hybridized carbons (Fsp3) is 0.278. The molecule has 1 heterocycles. The van der Waals surface area contributed by atoms with Gasteiger partial charge in [0.15, 0.2) is 0 Å². The maximum atomic E-state index is 12.3. The summed E-state index contributed by atoms with van der Waals surface area (Å²) >= 11 is 0. The molecular weight excluding hydrogens is 306 g/mol. The molecule has 0 aliphatic rings. The highest BCUT2D eigenvalue weighted by Gasteiger charge is 2.15. The van der Waals surface area contributed by atoms with Gasteiger partial charge < -0.3 is 15.7 Å². The molecule has 6 heteroatoms. The second-order valence-corrected chi connectivity index (χ2v) is 5.82. The van der Waals surface area contributed by atoms with E-state index in [1.807, 2.05) is 20.8 Å². The monoisotopic (exact) mass is 327 g/mol. The molecule has 2 rings (SSSR count). The van der Waals surface area contributed by atoms with Crippen LogP contribution in [0, 0.1) is 0 Å². The van der Waals surface area contributed by atoms with Gasteiger partial charge in [0, 0.05) is 6.04 Å². The Balaban J connectivity index is 2.09. The van der Waals surface area contributed by atoms with Gasteiger partial charge in [-0.15, -0.1) is 0 Å². The lowest BCUT2D eigenvalue weighted by Crippen LogP contribution is -2.32. The standard InChI is InChI=1S/C18H21N3O3/c1-11(2)19-17(23)15-5-4-6-16(21-15)18(24)20-12(3)13-7-9-14(22)10-8-13/h4-12,22H,1-3H3,(H,19,23)(H,20,24)/t12-/m0/s1. The predicted molar refractivity (Wildman–Crippen MR) is 90.8 cm³/mol. The zero-order chi connectivity index (χ0) is 17.7. The maximum absolute atomic E-state index is 12.3. The lowest BCUT2D eigenvalue weighted by atomic mass is 10.1. The number of nitrogens with one attached hydrogen (secondary N) is 2. The molecule has 1 aromatic heterocycles. The first kappa shape index (κ1) is 17.5. The van der Waals surface area contributed by atoms with Gasteiger partial charge in [-0.05, 0) is 50.6 Å². The van der Waals surface area contributed by atoms with E-state index in [-0.39, 0.29) is 41.0 Å². The van der Waals surface area contributed by atoms with Gasteiger partial charge in [-0.25, -0.2) is 4.98 Å². The highest BCUT2D eigenvalue weighted by Crippen LogP contribution is 2.16. The van der Waals surface area contributed by atoms with E-state index >= 15 is 0 Å². The number of benzene rings is 1. The van der Waals surface area contributed by atoms with Crippen molar-refractivity contribution in [2.45, 2.75) is 32.9 Å². The van der Waals surface area contributed by atoms with Gasteiger partial charge in [-0.2, -0.15) is 0 Å². The van der Waals surface area contributed by atoms with Crippen LogP contribution >= 0.6 is 0 Å². The largest absolute Gasteiger partial charge is 0.508 e. The van der Waals surface area contributed by atoms with Crippen LogP contribution in [-0.2, 0) is 0 Å². The number of aromatic nitrogens is 1. The van der Waals surface area contributed by atoms with E-state index in [1.54, 1.807) is 42.5 Å². The summed E-state index contributed by atoms with van der Waals surface area (Å²) in [5.41, 5.74) is 1.24. The summed E-state index contributed by atoms with van der Waals surface area (Å²) in [6, 6.07) is 11.1. The Morgan fingerprint density at radius 1 is 0.917 bits per heavy atom. The van der Waals surface area contributed by atoms with E-state index in [4.69, 9.17) is 0 Å².